The number of phosphoric acid groups is 1. The lowest BCUT2D eigenvalue weighted by Gasteiger charge is -2.45. The number of rotatable bonds is 47. The lowest BCUT2D eigenvalue weighted by atomic mass is 9.95. The lowest BCUT2D eigenvalue weighted by Crippen LogP contribution is -2.67. The van der Waals surface area contributed by atoms with Gasteiger partial charge >= 0.3 is 13.8 Å². The van der Waals surface area contributed by atoms with Gasteiger partial charge in [-0.3, -0.25) is 18.9 Å². The highest BCUT2D eigenvalue weighted by Gasteiger charge is 2.51. The SMILES string of the molecule is CCCCCCCCCCCC(=O)O[C@H](CCCCCCCCCCC)CC(=O)N[C@H]1[C@H](OC[C@H]2O[C@H](OCC(O)CO)[C@H](NC(=O)C[C@H](O)CCCCCCCCCCC)[C@@H](O)[C@@H]2O)O[C@H](CO)[C@@H](OP(=O)(O)O)[C@@H]1O. The Morgan fingerprint density at radius 3 is 1.48 bits per heavy atom. The molecule has 0 aromatic heterocycles. The van der Waals surface area contributed by atoms with Crippen LogP contribution in [0.1, 0.15) is 226 Å². The van der Waals surface area contributed by atoms with E-state index in [0.717, 1.165) is 83.5 Å². The van der Waals surface area contributed by atoms with E-state index in [-0.39, 0.29) is 19.3 Å². The molecule has 0 aromatic carbocycles. The maximum Gasteiger partial charge on any atom is 0.470 e. The normalized spacial score (nSPS) is 25.0. The average molecular weight is 1130 g/mol. The van der Waals surface area contributed by atoms with E-state index in [1.165, 1.54) is 70.6 Å². The highest BCUT2D eigenvalue weighted by molar-refractivity contribution is 7.46. The van der Waals surface area contributed by atoms with Gasteiger partial charge in [-0.15, -0.1) is 0 Å². The van der Waals surface area contributed by atoms with E-state index >= 15 is 0 Å². The number of hydrogen-bond acceptors (Lipinski definition) is 17. The number of hydrogen-bond donors (Lipinski definition) is 11. The van der Waals surface area contributed by atoms with Crippen LogP contribution in [-0.2, 0) is 47.2 Å². The number of carbonyl (C=O) groups is 3. The Morgan fingerprint density at radius 2 is 0.987 bits per heavy atom. The molecule has 2 aliphatic rings. The third-order valence-corrected chi connectivity index (χ3v) is 15.0. The highest BCUT2D eigenvalue weighted by atomic mass is 31.2. The van der Waals surface area contributed by atoms with E-state index in [2.05, 4.69) is 31.4 Å². The van der Waals surface area contributed by atoms with Gasteiger partial charge in [0.25, 0.3) is 0 Å². The first-order valence-electron chi connectivity index (χ1n) is 29.7. The van der Waals surface area contributed by atoms with Crippen LogP contribution < -0.4 is 10.6 Å². The van der Waals surface area contributed by atoms with Crippen LogP contribution in [0.5, 0.6) is 0 Å². The summed E-state index contributed by atoms with van der Waals surface area (Å²) in [6, 6.07) is -3.12. The molecule has 11 N–H and O–H groups in total. The molecule has 2 fully saturated rings. The molecule has 13 atom stereocenters. The maximum absolute atomic E-state index is 14.0. The van der Waals surface area contributed by atoms with Crippen molar-refractivity contribution in [2.24, 2.45) is 0 Å². The van der Waals surface area contributed by atoms with Gasteiger partial charge in [-0.2, -0.15) is 0 Å². The molecule has 21 nitrogen and oxygen atoms in total. The number of aliphatic hydroxyl groups is 7. The van der Waals surface area contributed by atoms with Crippen molar-refractivity contribution in [3.63, 3.8) is 0 Å². The van der Waals surface area contributed by atoms with Crippen LogP contribution in [0, 0.1) is 0 Å². The van der Waals surface area contributed by atoms with Gasteiger partial charge in [-0.05, 0) is 25.7 Å². The van der Waals surface area contributed by atoms with E-state index in [1.54, 1.807) is 0 Å². The molecule has 2 amide bonds. The predicted octanol–water partition coefficient (Wildman–Crippen LogP) is 6.16. The molecule has 454 valence electrons. The molecule has 2 aliphatic heterocycles. The van der Waals surface area contributed by atoms with Crippen LogP contribution >= 0.6 is 7.82 Å². The van der Waals surface area contributed by atoms with Gasteiger partial charge in [0, 0.05) is 6.42 Å². The fourth-order valence-corrected chi connectivity index (χ4v) is 10.5. The quantitative estimate of drug-likeness (QED) is 0.0185. The number of esters is 1. The van der Waals surface area contributed by atoms with Gasteiger partial charge in [0.1, 0.15) is 60.9 Å². The number of unbranched alkanes of at least 4 members (excludes halogenated alkanes) is 24. The molecular weight excluding hydrogens is 1020 g/mol. The van der Waals surface area contributed by atoms with E-state index in [0.29, 0.717) is 32.1 Å². The summed E-state index contributed by atoms with van der Waals surface area (Å²) < 4.78 is 46.3. The third-order valence-electron chi connectivity index (χ3n) is 14.4. The summed E-state index contributed by atoms with van der Waals surface area (Å²) in [5.41, 5.74) is 0. The van der Waals surface area contributed by atoms with Crippen molar-refractivity contribution >= 4 is 25.6 Å². The Balaban J connectivity index is 2.21. The summed E-state index contributed by atoms with van der Waals surface area (Å²) in [6.07, 6.45) is 11.7. The molecule has 0 aliphatic carbocycles. The van der Waals surface area contributed by atoms with Crippen LogP contribution in [0.15, 0.2) is 0 Å². The van der Waals surface area contributed by atoms with Gasteiger partial charge in [-0.1, -0.05) is 181 Å². The summed E-state index contributed by atoms with van der Waals surface area (Å²) in [5, 5.41) is 80.0. The molecular formula is C55H105N2O19P. The van der Waals surface area contributed by atoms with E-state index in [9.17, 15) is 64.5 Å². The van der Waals surface area contributed by atoms with Crippen LogP contribution in [0.25, 0.3) is 0 Å². The molecule has 2 rings (SSSR count). The molecule has 0 saturated carbocycles. The van der Waals surface area contributed by atoms with Crippen molar-refractivity contribution in [1.29, 1.82) is 0 Å². The third kappa shape index (κ3) is 31.8. The van der Waals surface area contributed by atoms with Crippen molar-refractivity contribution < 1.29 is 92.7 Å². The number of ether oxygens (including phenoxy) is 5. The monoisotopic (exact) mass is 1130 g/mol. The first-order chi connectivity index (χ1) is 37.0. The zero-order chi connectivity index (χ0) is 56.9. The largest absolute Gasteiger partial charge is 0.470 e. The van der Waals surface area contributed by atoms with Crippen molar-refractivity contribution in [2.75, 3.05) is 26.4 Å². The molecule has 2 heterocycles. The zero-order valence-electron chi connectivity index (χ0n) is 47.0. The minimum atomic E-state index is -5.34. The summed E-state index contributed by atoms with van der Waals surface area (Å²) in [6.45, 7) is 3.64. The average Bonchev–Trinajstić information content (AvgIpc) is 3.38. The Labute approximate surface area is 459 Å². The smallest absolute Gasteiger partial charge is 0.462 e. The zero-order valence-corrected chi connectivity index (χ0v) is 47.9. The Kier molecular flexibility index (Phi) is 39.6. The Bertz CT molecular complexity index is 1570. The van der Waals surface area contributed by atoms with Crippen LogP contribution in [-0.4, -0.2) is 169 Å². The molecule has 0 radical (unpaired) electrons. The number of amides is 2. The number of nitrogens with one attached hydrogen (secondary N) is 2. The van der Waals surface area contributed by atoms with E-state index in [1.807, 2.05) is 0 Å². The summed E-state index contributed by atoms with van der Waals surface area (Å²) in [7, 11) is -5.34. The first kappa shape index (κ1) is 71.2. The van der Waals surface area contributed by atoms with Crippen LogP contribution in [0.4, 0.5) is 0 Å². The van der Waals surface area contributed by atoms with Crippen molar-refractivity contribution in [3.05, 3.63) is 0 Å². The summed E-state index contributed by atoms with van der Waals surface area (Å²) in [5.74, 6) is -1.89. The minimum Gasteiger partial charge on any atom is -0.462 e. The second-order valence-electron chi connectivity index (χ2n) is 21.5. The molecule has 0 bridgehead atoms. The van der Waals surface area contributed by atoms with Crippen molar-refractivity contribution in [1.82, 2.24) is 10.6 Å². The fourth-order valence-electron chi connectivity index (χ4n) is 9.88. The van der Waals surface area contributed by atoms with Gasteiger partial charge < -0.3 is 79.9 Å². The van der Waals surface area contributed by atoms with Crippen LogP contribution in [0.2, 0.25) is 0 Å². The van der Waals surface area contributed by atoms with Crippen molar-refractivity contribution in [3.8, 4) is 0 Å². The predicted molar refractivity (Wildman–Crippen MR) is 289 cm³/mol. The first-order valence-corrected chi connectivity index (χ1v) is 31.2. The lowest BCUT2D eigenvalue weighted by molar-refractivity contribution is -0.304. The summed E-state index contributed by atoms with van der Waals surface area (Å²) in [4.78, 5) is 59.8. The maximum atomic E-state index is 14.0. The van der Waals surface area contributed by atoms with E-state index < -0.39 is 132 Å². The Hall–Kier alpha value is -1.92. The minimum absolute atomic E-state index is 0.175. The van der Waals surface area contributed by atoms with Gasteiger partial charge in [0.2, 0.25) is 11.8 Å². The van der Waals surface area contributed by atoms with Crippen LogP contribution in [0.3, 0.4) is 0 Å². The Morgan fingerprint density at radius 1 is 0.545 bits per heavy atom. The second kappa shape index (κ2) is 42.9. The van der Waals surface area contributed by atoms with E-state index in [4.69, 9.17) is 28.2 Å². The standard InChI is InChI=1S/C55H105N2O19P/c1-4-7-10-13-16-19-22-25-28-31-40(60)34-45(62)56-48-51(66)50(65)44(75-54(48)71-38-41(61)36-58)39-72-55-49(52(67)53(43(37-59)74-55)76-77(68,69)70)57-46(63)35-42(32-29-26-23-20-17-14-11-8-5-2)73-47(64)33-30-27-24-21-18-15-12-9-6-3/h40-44,48-55,58-61,65-67H,4-39H2,1-3H3,(H,56,62)(H,57,63)(H2,68,69,70)/t40-,41?,42-,43-,44-,48-,49-,50-,51-,52-,53-,54+,55-/m1/s1. The van der Waals surface area contributed by atoms with Crippen molar-refractivity contribution in [2.45, 2.75) is 306 Å². The molecule has 0 spiro atoms. The number of carbonyl (C=O) groups excluding carboxylic acids is 3. The fraction of sp³-hybridized carbons (Fsp3) is 0.945. The molecule has 1 unspecified atom stereocenters. The highest BCUT2D eigenvalue weighted by Crippen LogP contribution is 2.41. The molecule has 2 saturated heterocycles. The topological polar surface area (TPSA) is 330 Å². The molecule has 0 aromatic rings. The molecule has 22 heteroatoms. The van der Waals surface area contributed by atoms with Gasteiger partial charge in [0.15, 0.2) is 12.6 Å². The van der Waals surface area contributed by atoms with Gasteiger partial charge in [-0.25, -0.2) is 4.57 Å². The number of aliphatic hydroxyl groups excluding tert-OH is 7. The summed E-state index contributed by atoms with van der Waals surface area (Å²) >= 11 is 0. The second-order valence-corrected chi connectivity index (χ2v) is 22.7. The number of phosphoric ester groups is 1. The molecule has 77 heavy (non-hydrogen) atoms. The van der Waals surface area contributed by atoms with Gasteiger partial charge in [0.05, 0.1) is 45.4 Å².